The zero-order valence-electron chi connectivity index (χ0n) is 11.4. The molecule has 4 heteroatoms. The van der Waals surface area contributed by atoms with Crippen molar-refractivity contribution in [2.45, 2.75) is 38.6 Å². The summed E-state index contributed by atoms with van der Waals surface area (Å²) in [6, 6.07) is 4.45. The molecule has 1 aromatic rings. The minimum atomic E-state index is 0.241. The first-order valence-electron chi connectivity index (χ1n) is 7.23. The summed E-state index contributed by atoms with van der Waals surface area (Å²) in [5, 5.41) is 8.67. The Bertz CT molecular complexity index is 437. The van der Waals surface area contributed by atoms with Gasteiger partial charge in [-0.05, 0) is 56.1 Å². The Morgan fingerprint density at radius 3 is 3.05 bits per heavy atom. The van der Waals surface area contributed by atoms with Crippen LogP contribution in [0.5, 0.6) is 0 Å². The smallest absolute Gasteiger partial charge is 0.223 e. The molecular formula is C15H22N2OS. The minimum Gasteiger partial charge on any atom is -0.353 e. The zero-order valence-corrected chi connectivity index (χ0v) is 12.3. The van der Waals surface area contributed by atoms with Gasteiger partial charge in [0.2, 0.25) is 5.91 Å². The average molecular weight is 278 g/mol. The Hall–Kier alpha value is -0.870. The van der Waals surface area contributed by atoms with E-state index >= 15 is 0 Å². The summed E-state index contributed by atoms with van der Waals surface area (Å²) in [4.78, 5) is 13.6. The quantitative estimate of drug-likeness (QED) is 0.886. The van der Waals surface area contributed by atoms with Gasteiger partial charge in [-0.2, -0.15) is 0 Å². The van der Waals surface area contributed by atoms with E-state index in [2.05, 4.69) is 35.1 Å². The highest BCUT2D eigenvalue weighted by atomic mass is 32.1. The lowest BCUT2D eigenvalue weighted by Crippen LogP contribution is -2.38. The van der Waals surface area contributed by atoms with E-state index in [1.54, 1.807) is 11.3 Å². The first-order chi connectivity index (χ1) is 9.20. The third-order valence-electron chi connectivity index (χ3n) is 4.58. The third kappa shape index (κ3) is 2.84. The Balaban J connectivity index is 1.49. The van der Waals surface area contributed by atoms with Crippen LogP contribution >= 0.6 is 11.3 Å². The Morgan fingerprint density at radius 2 is 2.37 bits per heavy atom. The Labute approximate surface area is 118 Å². The molecule has 2 N–H and O–H groups in total. The molecule has 2 heterocycles. The van der Waals surface area contributed by atoms with Gasteiger partial charge in [0.15, 0.2) is 0 Å². The van der Waals surface area contributed by atoms with Crippen LogP contribution in [0.2, 0.25) is 0 Å². The molecule has 19 heavy (non-hydrogen) atoms. The van der Waals surface area contributed by atoms with E-state index in [9.17, 15) is 4.79 Å². The monoisotopic (exact) mass is 278 g/mol. The molecule has 104 valence electrons. The molecule has 3 rings (SSSR count). The SMILES string of the molecule is CC(Cc1cccs1)NC(=O)C1CC12CCNCC2. The molecule has 2 unspecified atom stereocenters. The second-order valence-electron chi connectivity index (χ2n) is 6.06. The van der Waals surface area contributed by atoms with Gasteiger partial charge in [-0.1, -0.05) is 6.07 Å². The van der Waals surface area contributed by atoms with Crippen molar-refractivity contribution in [3.8, 4) is 0 Å². The van der Waals surface area contributed by atoms with Crippen LogP contribution in [0, 0.1) is 11.3 Å². The van der Waals surface area contributed by atoms with E-state index < -0.39 is 0 Å². The first kappa shape index (κ1) is 13.1. The van der Waals surface area contributed by atoms with E-state index in [-0.39, 0.29) is 17.9 Å². The highest BCUT2D eigenvalue weighted by Gasteiger charge is 2.57. The number of hydrogen-bond acceptors (Lipinski definition) is 3. The summed E-state index contributed by atoms with van der Waals surface area (Å²) < 4.78 is 0. The fourth-order valence-electron chi connectivity index (χ4n) is 3.32. The van der Waals surface area contributed by atoms with Crippen molar-refractivity contribution in [1.82, 2.24) is 10.6 Å². The number of rotatable bonds is 4. The van der Waals surface area contributed by atoms with Crippen LogP contribution in [-0.4, -0.2) is 25.0 Å². The fourth-order valence-corrected chi connectivity index (χ4v) is 4.16. The van der Waals surface area contributed by atoms with Gasteiger partial charge in [0.1, 0.15) is 0 Å². The third-order valence-corrected chi connectivity index (χ3v) is 5.48. The van der Waals surface area contributed by atoms with E-state index in [1.165, 1.54) is 17.7 Å². The lowest BCUT2D eigenvalue weighted by molar-refractivity contribution is -0.123. The van der Waals surface area contributed by atoms with Gasteiger partial charge in [-0.25, -0.2) is 0 Å². The van der Waals surface area contributed by atoms with Crippen molar-refractivity contribution in [3.05, 3.63) is 22.4 Å². The standard InChI is InChI=1S/C15H22N2OS/c1-11(9-12-3-2-8-19-12)17-14(18)13-10-15(13)4-6-16-7-5-15/h2-3,8,11,13,16H,4-7,9-10H2,1H3,(H,17,18). The predicted octanol–water partition coefficient (Wildman–Crippen LogP) is 2.18. The van der Waals surface area contributed by atoms with Gasteiger partial charge >= 0.3 is 0 Å². The van der Waals surface area contributed by atoms with Crippen LogP contribution in [0.15, 0.2) is 17.5 Å². The van der Waals surface area contributed by atoms with Crippen molar-refractivity contribution >= 4 is 17.2 Å². The summed E-state index contributed by atoms with van der Waals surface area (Å²) in [5.74, 6) is 0.561. The molecule has 1 amide bonds. The van der Waals surface area contributed by atoms with Crippen molar-refractivity contribution in [3.63, 3.8) is 0 Å². The number of carbonyl (C=O) groups is 1. The summed E-state index contributed by atoms with van der Waals surface area (Å²) in [6.07, 6.45) is 4.39. The molecule has 3 nitrogen and oxygen atoms in total. The minimum absolute atomic E-state index is 0.241. The molecule has 1 saturated heterocycles. The van der Waals surface area contributed by atoms with Crippen molar-refractivity contribution in [2.75, 3.05) is 13.1 Å². The number of carbonyl (C=O) groups excluding carboxylic acids is 1. The molecule has 1 saturated carbocycles. The zero-order chi connectivity index (χ0) is 13.3. The molecule has 1 aromatic heterocycles. The van der Waals surface area contributed by atoms with E-state index in [0.29, 0.717) is 5.41 Å². The lowest BCUT2D eigenvalue weighted by atomic mass is 9.91. The maximum absolute atomic E-state index is 12.3. The Morgan fingerprint density at radius 1 is 1.58 bits per heavy atom. The number of nitrogens with one attached hydrogen (secondary N) is 2. The average Bonchev–Trinajstić information content (AvgIpc) is 2.84. The molecule has 2 aliphatic rings. The van der Waals surface area contributed by atoms with Crippen LogP contribution < -0.4 is 10.6 Å². The highest BCUT2D eigenvalue weighted by molar-refractivity contribution is 7.09. The molecule has 1 aliphatic heterocycles. The summed E-state index contributed by atoms with van der Waals surface area (Å²) >= 11 is 1.76. The van der Waals surface area contributed by atoms with Crippen LogP contribution in [0.25, 0.3) is 0 Å². The van der Waals surface area contributed by atoms with Crippen molar-refractivity contribution < 1.29 is 4.79 Å². The topological polar surface area (TPSA) is 41.1 Å². The van der Waals surface area contributed by atoms with E-state index in [0.717, 1.165) is 25.9 Å². The second-order valence-corrected chi connectivity index (χ2v) is 7.09. The second kappa shape index (κ2) is 5.25. The number of amides is 1. The van der Waals surface area contributed by atoms with Crippen molar-refractivity contribution in [2.24, 2.45) is 11.3 Å². The van der Waals surface area contributed by atoms with Gasteiger partial charge in [-0.3, -0.25) is 4.79 Å². The Kier molecular flexibility index (Phi) is 3.63. The number of piperidine rings is 1. The van der Waals surface area contributed by atoms with Gasteiger partial charge in [0, 0.05) is 23.3 Å². The maximum atomic E-state index is 12.3. The molecule has 2 atom stereocenters. The van der Waals surface area contributed by atoms with Crippen molar-refractivity contribution in [1.29, 1.82) is 0 Å². The van der Waals surface area contributed by atoms with Crippen LogP contribution in [-0.2, 0) is 11.2 Å². The molecule has 1 aliphatic carbocycles. The summed E-state index contributed by atoms with van der Waals surface area (Å²) in [7, 11) is 0. The fraction of sp³-hybridized carbons (Fsp3) is 0.667. The molecule has 1 spiro atoms. The van der Waals surface area contributed by atoms with E-state index in [1.807, 2.05) is 0 Å². The van der Waals surface area contributed by atoms with Gasteiger partial charge in [0.05, 0.1) is 0 Å². The molecule has 0 aromatic carbocycles. The van der Waals surface area contributed by atoms with E-state index in [4.69, 9.17) is 0 Å². The van der Waals surface area contributed by atoms with Gasteiger partial charge < -0.3 is 10.6 Å². The molecule has 0 radical (unpaired) electrons. The normalized spacial score (nSPS) is 26.1. The molecular weight excluding hydrogens is 256 g/mol. The summed E-state index contributed by atoms with van der Waals surface area (Å²) in [5.41, 5.74) is 0.345. The van der Waals surface area contributed by atoms with Crippen LogP contribution in [0.3, 0.4) is 0 Å². The number of hydrogen-bond donors (Lipinski definition) is 2. The highest BCUT2D eigenvalue weighted by Crippen LogP contribution is 2.58. The number of thiophene rings is 1. The lowest BCUT2D eigenvalue weighted by Gasteiger charge is -2.23. The molecule has 2 fully saturated rings. The first-order valence-corrected chi connectivity index (χ1v) is 8.11. The molecule has 0 bridgehead atoms. The summed E-state index contributed by atoms with van der Waals surface area (Å²) in [6.45, 7) is 4.26. The van der Waals surface area contributed by atoms with Gasteiger partial charge in [0.25, 0.3) is 0 Å². The largest absolute Gasteiger partial charge is 0.353 e. The maximum Gasteiger partial charge on any atom is 0.223 e. The van der Waals surface area contributed by atoms with Crippen LogP contribution in [0.4, 0.5) is 0 Å². The predicted molar refractivity (Wildman–Crippen MR) is 78.3 cm³/mol. The van der Waals surface area contributed by atoms with Gasteiger partial charge in [-0.15, -0.1) is 11.3 Å². The van der Waals surface area contributed by atoms with Crippen LogP contribution in [0.1, 0.15) is 31.1 Å².